The molecule has 5 rings (SSSR count). The molecule has 0 radical (unpaired) electrons. The molecule has 1 aliphatic rings. The van der Waals surface area contributed by atoms with Crippen molar-refractivity contribution in [2.45, 2.75) is 44.4 Å². The van der Waals surface area contributed by atoms with E-state index in [-0.39, 0.29) is 30.4 Å². The van der Waals surface area contributed by atoms with Crippen LogP contribution in [0.5, 0.6) is 0 Å². The summed E-state index contributed by atoms with van der Waals surface area (Å²) < 4.78 is 20.1. The number of rotatable bonds is 7. The zero-order valence-electron chi connectivity index (χ0n) is 19.7. The summed E-state index contributed by atoms with van der Waals surface area (Å²) in [5.41, 5.74) is 1.84. The third kappa shape index (κ3) is 5.17. The lowest BCUT2D eigenvalue weighted by Crippen LogP contribution is -2.40. The van der Waals surface area contributed by atoms with Gasteiger partial charge >= 0.3 is 0 Å². The van der Waals surface area contributed by atoms with Crippen LogP contribution in [0, 0.1) is 5.82 Å². The van der Waals surface area contributed by atoms with Crippen molar-refractivity contribution in [3.63, 3.8) is 0 Å². The molecule has 1 saturated carbocycles. The van der Waals surface area contributed by atoms with E-state index in [0.29, 0.717) is 27.9 Å². The van der Waals surface area contributed by atoms with Crippen LogP contribution in [0.2, 0.25) is 5.02 Å². The Labute approximate surface area is 212 Å². The third-order valence-electron chi connectivity index (χ3n) is 6.34. The summed E-state index contributed by atoms with van der Waals surface area (Å²) in [6.07, 6.45) is 5.10. The van der Waals surface area contributed by atoms with Crippen LogP contribution in [-0.4, -0.2) is 44.8 Å². The number of hydrogen-bond donors (Lipinski definition) is 2. The number of para-hydroxylation sites is 1. The number of fused-ring (bicyclic) bond motifs is 1. The molecule has 0 bridgehead atoms. The number of nitrogens with one attached hydrogen (secondary N) is 2. The Morgan fingerprint density at radius 3 is 2.53 bits per heavy atom. The maximum atomic E-state index is 13.1. The van der Waals surface area contributed by atoms with E-state index < -0.39 is 0 Å². The van der Waals surface area contributed by atoms with Gasteiger partial charge < -0.3 is 15.4 Å². The molecule has 36 heavy (non-hydrogen) atoms. The molecule has 186 valence electrons. The average molecular weight is 509 g/mol. The predicted molar refractivity (Wildman–Crippen MR) is 136 cm³/mol. The average Bonchev–Trinajstić information content (AvgIpc) is 3.30. The van der Waals surface area contributed by atoms with Gasteiger partial charge in [-0.25, -0.2) is 19.0 Å². The van der Waals surface area contributed by atoms with Gasteiger partial charge in [0.1, 0.15) is 18.2 Å². The van der Waals surface area contributed by atoms with Gasteiger partial charge in [0.2, 0.25) is 0 Å². The maximum absolute atomic E-state index is 13.1. The van der Waals surface area contributed by atoms with Gasteiger partial charge in [-0.15, -0.1) is 0 Å². The lowest BCUT2D eigenvalue weighted by Gasteiger charge is -2.30. The predicted octanol–water partition coefficient (Wildman–Crippen LogP) is 4.91. The molecule has 2 N–H and O–H groups in total. The molecule has 4 aromatic rings. The Bertz CT molecular complexity index is 1370. The minimum atomic E-state index is -0.358. The van der Waals surface area contributed by atoms with E-state index in [1.807, 2.05) is 24.3 Å². The van der Waals surface area contributed by atoms with Crippen molar-refractivity contribution in [1.29, 1.82) is 0 Å². The molecule has 1 amide bonds. The van der Waals surface area contributed by atoms with Gasteiger partial charge in [0.05, 0.1) is 22.3 Å². The molecule has 0 unspecified atom stereocenters. The quantitative estimate of drug-likeness (QED) is 0.368. The van der Waals surface area contributed by atoms with E-state index in [9.17, 15) is 9.18 Å². The first-order chi connectivity index (χ1) is 17.5. The lowest BCUT2D eigenvalue weighted by molar-refractivity contribution is 0.0926. The Morgan fingerprint density at radius 1 is 1.08 bits per heavy atom. The molecule has 1 fully saturated rings. The highest BCUT2D eigenvalue weighted by atomic mass is 35.5. The summed E-state index contributed by atoms with van der Waals surface area (Å²) in [5.74, 6) is 0.703. The van der Waals surface area contributed by atoms with E-state index in [4.69, 9.17) is 21.3 Å². The highest BCUT2D eigenvalue weighted by Gasteiger charge is 2.24. The minimum absolute atomic E-state index is 0.0676. The molecule has 8 nitrogen and oxygen atoms in total. The molecule has 2 heterocycles. The lowest BCUT2D eigenvalue weighted by atomic mass is 9.91. The van der Waals surface area contributed by atoms with Gasteiger partial charge in [-0.3, -0.25) is 4.79 Å². The number of nitrogens with zero attached hydrogens (tertiary/aromatic N) is 4. The summed E-state index contributed by atoms with van der Waals surface area (Å²) >= 11 is 6.42. The summed E-state index contributed by atoms with van der Waals surface area (Å²) in [6, 6.07) is 13.3. The number of carbonyl (C=O) groups is 1. The normalized spacial score (nSPS) is 17.8. The Balaban J connectivity index is 1.30. The second-order valence-electron chi connectivity index (χ2n) is 8.84. The van der Waals surface area contributed by atoms with Crippen LogP contribution in [0.4, 0.5) is 10.2 Å². The highest BCUT2D eigenvalue weighted by molar-refractivity contribution is 6.32. The molecule has 0 spiro atoms. The van der Waals surface area contributed by atoms with Gasteiger partial charge in [0.15, 0.2) is 11.5 Å². The van der Waals surface area contributed by atoms with Crippen LogP contribution in [0.15, 0.2) is 54.7 Å². The fourth-order valence-electron chi connectivity index (χ4n) is 4.50. The number of carbonyl (C=O) groups excluding carboxylic acids is 1. The smallest absolute Gasteiger partial charge is 0.251 e. The standard InChI is InChI=1S/C26H26ClFN6O2/c1-36-15-23-32-24(20-14-29-34(25(20)33-23)22-5-3-2-4-21(22)27)30-18-10-12-19(13-11-18)31-26(35)16-6-8-17(28)9-7-16/h2-9,14,18-19H,10-13,15H2,1H3,(H,31,35)(H,30,32,33). The number of benzene rings is 2. The second kappa shape index (κ2) is 10.6. The second-order valence-corrected chi connectivity index (χ2v) is 9.25. The van der Waals surface area contributed by atoms with Crippen molar-refractivity contribution < 1.29 is 13.9 Å². The van der Waals surface area contributed by atoms with Crippen molar-refractivity contribution in [3.05, 3.63) is 77.0 Å². The van der Waals surface area contributed by atoms with Gasteiger partial charge in [-0.2, -0.15) is 5.10 Å². The first-order valence-corrected chi connectivity index (χ1v) is 12.2. The van der Waals surface area contributed by atoms with Crippen LogP contribution in [-0.2, 0) is 11.3 Å². The summed E-state index contributed by atoms with van der Waals surface area (Å²) in [6.45, 7) is 0.264. The Morgan fingerprint density at radius 2 is 1.81 bits per heavy atom. The number of hydrogen-bond acceptors (Lipinski definition) is 6. The van der Waals surface area contributed by atoms with Crippen LogP contribution < -0.4 is 10.6 Å². The van der Waals surface area contributed by atoms with Crippen molar-refractivity contribution in [1.82, 2.24) is 25.1 Å². The molecular weight excluding hydrogens is 483 g/mol. The Hall–Kier alpha value is -3.56. The van der Waals surface area contributed by atoms with E-state index in [1.165, 1.54) is 24.3 Å². The molecule has 0 atom stereocenters. The zero-order valence-corrected chi connectivity index (χ0v) is 20.5. The highest BCUT2D eigenvalue weighted by Crippen LogP contribution is 2.29. The number of anilines is 1. The fraction of sp³-hybridized carbons (Fsp3) is 0.308. The van der Waals surface area contributed by atoms with Crippen molar-refractivity contribution in [2.75, 3.05) is 12.4 Å². The van der Waals surface area contributed by atoms with Gasteiger partial charge in [0.25, 0.3) is 5.91 Å². The number of aromatic nitrogens is 4. The zero-order chi connectivity index (χ0) is 25.1. The number of methoxy groups -OCH3 is 1. The minimum Gasteiger partial charge on any atom is -0.377 e. The third-order valence-corrected chi connectivity index (χ3v) is 6.66. The summed E-state index contributed by atoms with van der Waals surface area (Å²) in [5, 5.41) is 12.5. The Kier molecular flexibility index (Phi) is 7.11. The van der Waals surface area contributed by atoms with Gasteiger partial charge in [0, 0.05) is 24.8 Å². The first kappa shape index (κ1) is 24.1. The van der Waals surface area contributed by atoms with Gasteiger partial charge in [-0.1, -0.05) is 23.7 Å². The van der Waals surface area contributed by atoms with E-state index in [0.717, 1.165) is 36.8 Å². The SMILES string of the molecule is COCc1nc(NC2CCC(NC(=O)c3ccc(F)cc3)CC2)c2cnn(-c3ccccc3Cl)c2n1. The number of halogens is 2. The van der Waals surface area contributed by atoms with E-state index in [1.54, 1.807) is 18.0 Å². The molecular formula is C26H26ClFN6O2. The van der Waals surface area contributed by atoms with Crippen LogP contribution >= 0.6 is 11.6 Å². The van der Waals surface area contributed by atoms with Crippen molar-refractivity contribution in [2.24, 2.45) is 0 Å². The first-order valence-electron chi connectivity index (χ1n) is 11.8. The van der Waals surface area contributed by atoms with Crippen LogP contribution in [0.1, 0.15) is 41.9 Å². The van der Waals surface area contributed by atoms with E-state index in [2.05, 4.69) is 20.7 Å². The van der Waals surface area contributed by atoms with Crippen LogP contribution in [0.25, 0.3) is 16.7 Å². The maximum Gasteiger partial charge on any atom is 0.251 e. The van der Waals surface area contributed by atoms with Crippen molar-refractivity contribution in [3.8, 4) is 5.69 Å². The summed E-state index contributed by atoms with van der Waals surface area (Å²) in [4.78, 5) is 21.9. The monoisotopic (exact) mass is 508 g/mol. The topological polar surface area (TPSA) is 94.0 Å². The number of amides is 1. The number of ether oxygens (including phenoxy) is 1. The molecule has 10 heteroatoms. The van der Waals surface area contributed by atoms with Crippen molar-refractivity contribution >= 4 is 34.4 Å². The molecule has 1 aliphatic carbocycles. The molecule has 2 aromatic carbocycles. The van der Waals surface area contributed by atoms with E-state index >= 15 is 0 Å². The molecule has 0 saturated heterocycles. The van der Waals surface area contributed by atoms with Gasteiger partial charge in [-0.05, 0) is 62.1 Å². The largest absolute Gasteiger partial charge is 0.377 e. The fourth-order valence-corrected chi connectivity index (χ4v) is 4.72. The van der Waals surface area contributed by atoms with Crippen LogP contribution in [0.3, 0.4) is 0 Å². The molecule has 0 aliphatic heterocycles. The summed E-state index contributed by atoms with van der Waals surface area (Å²) in [7, 11) is 1.60. The molecule has 2 aromatic heterocycles.